The van der Waals surface area contributed by atoms with E-state index in [9.17, 15) is 18.0 Å². The molecule has 1 saturated heterocycles. The summed E-state index contributed by atoms with van der Waals surface area (Å²) in [4.78, 5) is 17.0. The lowest BCUT2D eigenvalue weighted by Gasteiger charge is -2.31. The minimum absolute atomic E-state index is 0.0971. The van der Waals surface area contributed by atoms with Crippen LogP contribution in [0.25, 0.3) is 0 Å². The Bertz CT molecular complexity index is 535. The van der Waals surface area contributed by atoms with Crippen LogP contribution in [0.3, 0.4) is 0 Å². The Kier molecular flexibility index (Phi) is 3.90. The van der Waals surface area contributed by atoms with Gasteiger partial charge in [0.05, 0.1) is 11.6 Å². The standard InChI is InChI=1S/C12H11F3N4O/c13-12(14,15)8-1-2-10(18-6-8)11(20)19-4-3-17-7-9(19)5-16/h1-2,6,9,17H,3-4,7H2. The molecule has 2 heterocycles. The van der Waals surface area contributed by atoms with E-state index in [-0.39, 0.29) is 5.69 Å². The minimum Gasteiger partial charge on any atom is -0.319 e. The van der Waals surface area contributed by atoms with Crippen molar-refractivity contribution in [3.63, 3.8) is 0 Å². The minimum atomic E-state index is -4.49. The van der Waals surface area contributed by atoms with Crippen molar-refractivity contribution in [3.05, 3.63) is 29.6 Å². The number of pyridine rings is 1. The molecule has 0 saturated carbocycles. The maximum Gasteiger partial charge on any atom is 0.417 e. The number of hydrogen-bond donors (Lipinski definition) is 1. The number of rotatable bonds is 1. The Hall–Kier alpha value is -2.14. The van der Waals surface area contributed by atoms with Crippen LogP contribution < -0.4 is 5.32 Å². The highest BCUT2D eigenvalue weighted by Crippen LogP contribution is 2.28. The number of aromatic nitrogens is 1. The lowest BCUT2D eigenvalue weighted by Crippen LogP contribution is -2.53. The van der Waals surface area contributed by atoms with Crippen molar-refractivity contribution in [2.24, 2.45) is 0 Å². The van der Waals surface area contributed by atoms with Crippen molar-refractivity contribution in [2.75, 3.05) is 19.6 Å². The molecule has 5 nitrogen and oxygen atoms in total. The van der Waals surface area contributed by atoms with Crippen molar-refractivity contribution >= 4 is 5.91 Å². The molecule has 20 heavy (non-hydrogen) atoms. The van der Waals surface area contributed by atoms with Gasteiger partial charge in [-0.15, -0.1) is 0 Å². The molecule has 1 amide bonds. The molecule has 0 aliphatic carbocycles. The molecular weight excluding hydrogens is 273 g/mol. The van der Waals surface area contributed by atoms with Gasteiger partial charge in [0.2, 0.25) is 0 Å². The van der Waals surface area contributed by atoms with E-state index < -0.39 is 23.7 Å². The molecule has 8 heteroatoms. The number of nitrogens with one attached hydrogen (secondary N) is 1. The van der Waals surface area contributed by atoms with Gasteiger partial charge in [-0.2, -0.15) is 18.4 Å². The number of piperazine rings is 1. The third kappa shape index (κ3) is 2.88. The number of hydrogen-bond acceptors (Lipinski definition) is 4. The molecule has 0 aromatic carbocycles. The third-order valence-corrected chi connectivity index (χ3v) is 2.96. The fourth-order valence-corrected chi connectivity index (χ4v) is 1.90. The van der Waals surface area contributed by atoms with Gasteiger partial charge in [0, 0.05) is 25.8 Å². The van der Waals surface area contributed by atoms with Crippen LogP contribution in [-0.2, 0) is 6.18 Å². The van der Waals surface area contributed by atoms with Crippen molar-refractivity contribution in [3.8, 4) is 6.07 Å². The molecule has 1 aromatic heterocycles. The number of carbonyl (C=O) groups excluding carboxylic acids is 1. The molecule has 1 fully saturated rings. The van der Waals surface area contributed by atoms with Crippen LogP contribution >= 0.6 is 0 Å². The number of carbonyl (C=O) groups is 1. The maximum absolute atomic E-state index is 12.4. The number of nitrogens with zero attached hydrogens (tertiary/aromatic N) is 3. The zero-order valence-electron chi connectivity index (χ0n) is 10.3. The molecule has 0 radical (unpaired) electrons. The lowest BCUT2D eigenvalue weighted by molar-refractivity contribution is -0.137. The van der Waals surface area contributed by atoms with Gasteiger partial charge in [0.25, 0.3) is 5.91 Å². The van der Waals surface area contributed by atoms with Crippen LogP contribution in [0.2, 0.25) is 0 Å². The fourth-order valence-electron chi connectivity index (χ4n) is 1.90. The van der Waals surface area contributed by atoms with Gasteiger partial charge in [-0.3, -0.25) is 9.78 Å². The van der Waals surface area contributed by atoms with E-state index in [1.54, 1.807) is 0 Å². The Labute approximate surface area is 113 Å². The Balaban J connectivity index is 2.19. The summed E-state index contributed by atoms with van der Waals surface area (Å²) in [5, 5.41) is 11.9. The zero-order valence-corrected chi connectivity index (χ0v) is 10.3. The Morgan fingerprint density at radius 3 is 2.80 bits per heavy atom. The van der Waals surface area contributed by atoms with E-state index in [0.717, 1.165) is 12.1 Å². The summed E-state index contributed by atoms with van der Waals surface area (Å²) in [6.45, 7) is 1.19. The Morgan fingerprint density at radius 2 is 2.25 bits per heavy atom. The van der Waals surface area contributed by atoms with E-state index in [2.05, 4.69) is 10.3 Å². The van der Waals surface area contributed by atoms with Crippen molar-refractivity contribution < 1.29 is 18.0 Å². The second kappa shape index (κ2) is 5.46. The van der Waals surface area contributed by atoms with Crippen LogP contribution in [0.1, 0.15) is 16.1 Å². The van der Waals surface area contributed by atoms with Crippen LogP contribution in [-0.4, -0.2) is 41.5 Å². The summed E-state index contributed by atoms with van der Waals surface area (Å²) >= 11 is 0. The topological polar surface area (TPSA) is 69.0 Å². The first-order chi connectivity index (χ1) is 9.43. The molecule has 1 atom stereocenters. The Morgan fingerprint density at radius 1 is 1.50 bits per heavy atom. The number of alkyl halides is 3. The normalized spacial score (nSPS) is 19.5. The van der Waals surface area contributed by atoms with E-state index in [4.69, 9.17) is 5.26 Å². The third-order valence-electron chi connectivity index (χ3n) is 2.96. The average Bonchev–Trinajstić information content (AvgIpc) is 2.45. The molecule has 1 aliphatic heterocycles. The van der Waals surface area contributed by atoms with E-state index in [1.165, 1.54) is 4.90 Å². The van der Waals surface area contributed by atoms with E-state index in [0.29, 0.717) is 25.8 Å². The number of amides is 1. The lowest BCUT2D eigenvalue weighted by atomic mass is 10.1. The van der Waals surface area contributed by atoms with Gasteiger partial charge < -0.3 is 10.2 Å². The summed E-state index contributed by atoms with van der Waals surface area (Å²) in [6.07, 6.45) is -3.87. The first kappa shape index (κ1) is 14.3. The molecule has 1 N–H and O–H groups in total. The molecule has 0 spiro atoms. The largest absolute Gasteiger partial charge is 0.417 e. The van der Waals surface area contributed by atoms with Gasteiger partial charge in [0.15, 0.2) is 0 Å². The number of nitriles is 1. The summed E-state index contributed by atoms with van der Waals surface area (Å²) in [5.74, 6) is -0.535. The van der Waals surface area contributed by atoms with Crippen LogP contribution in [0.5, 0.6) is 0 Å². The molecule has 106 valence electrons. The monoisotopic (exact) mass is 284 g/mol. The van der Waals surface area contributed by atoms with Gasteiger partial charge in [-0.1, -0.05) is 0 Å². The molecule has 1 unspecified atom stereocenters. The predicted molar refractivity (Wildman–Crippen MR) is 62.5 cm³/mol. The zero-order chi connectivity index (χ0) is 14.8. The van der Waals surface area contributed by atoms with Crippen molar-refractivity contribution in [1.29, 1.82) is 5.26 Å². The average molecular weight is 284 g/mol. The molecule has 2 rings (SSSR count). The first-order valence-electron chi connectivity index (χ1n) is 5.88. The van der Waals surface area contributed by atoms with Crippen LogP contribution in [0.4, 0.5) is 13.2 Å². The molecule has 1 aromatic rings. The first-order valence-corrected chi connectivity index (χ1v) is 5.88. The van der Waals surface area contributed by atoms with Crippen LogP contribution in [0, 0.1) is 11.3 Å². The SMILES string of the molecule is N#CC1CNCCN1C(=O)c1ccc(C(F)(F)F)cn1. The summed E-state index contributed by atoms with van der Waals surface area (Å²) in [6, 6.07) is 3.18. The maximum atomic E-state index is 12.4. The highest BCUT2D eigenvalue weighted by molar-refractivity contribution is 5.92. The quantitative estimate of drug-likeness (QED) is 0.836. The number of halogens is 3. The highest BCUT2D eigenvalue weighted by atomic mass is 19.4. The summed E-state index contributed by atoms with van der Waals surface area (Å²) in [5.41, 5.74) is -1.01. The summed E-state index contributed by atoms with van der Waals surface area (Å²) < 4.78 is 37.2. The van der Waals surface area contributed by atoms with Gasteiger partial charge in [-0.05, 0) is 12.1 Å². The van der Waals surface area contributed by atoms with Crippen molar-refractivity contribution in [1.82, 2.24) is 15.2 Å². The second-order valence-electron chi connectivity index (χ2n) is 4.28. The predicted octanol–water partition coefficient (Wildman–Crippen LogP) is 1.04. The van der Waals surface area contributed by atoms with E-state index in [1.807, 2.05) is 6.07 Å². The summed E-state index contributed by atoms with van der Waals surface area (Å²) in [7, 11) is 0. The fraction of sp³-hybridized carbons (Fsp3) is 0.417. The van der Waals surface area contributed by atoms with Gasteiger partial charge in [-0.25, -0.2) is 0 Å². The van der Waals surface area contributed by atoms with E-state index >= 15 is 0 Å². The smallest absolute Gasteiger partial charge is 0.319 e. The van der Waals surface area contributed by atoms with Gasteiger partial charge >= 0.3 is 6.18 Å². The molecule has 0 bridgehead atoms. The highest BCUT2D eigenvalue weighted by Gasteiger charge is 2.32. The van der Waals surface area contributed by atoms with Crippen LogP contribution in [0.15, 0.2) is 18.3 Å². The molecule has 1 aliphatic rings. The second-order valence-corrected chi connectivity index (χ2v) is 4.28. The van der Waals surface area contributed by atoms with Crippen molar-refractivity contribution in [2.45, 2.75) is 12.2 Å². The van der Waals surface area contributed by atoms with Gasteiger partial charge in [0.1, 0.15) is 11.7 Å². The molecular formula is C12H11F3N4O.